The maximum Gasteiger partial charge on any atom is 0.328 e. The van der Waals surface area contributed by atoms with Gasteiger partial charge in [0.25, 0.3) is 5.91 Å². The lowest BCUT2D eigenvalue weighted by Crippen LogP contribution is -2.44. The number of hydrogen-bond donors (Lipinski definition) is 2. The van der Waals surface area contributed by atoms with Gasteiger partial charge in [-0.05, 0) is 30.2 Å². The minimum Gasteiger partial charge on any atom is -0.508 e. The van der Waals surface area contributed by atoms with Crippen molar-refractivity contribution in [3.8, 4) is 5.75 Å². The van der Waals surface area contributed by atoms with E-state index >= 15 is 0 Å². The van der Waals surface area contributed by atoms with Crippen molar-refractivity contribution in [3.63, 3.8) is 0 Å². The molecule has 0 saturated carbocycles. The van der Waals surface area contributed by atoms with Crippen molar-refractivity contribution in [1.29, 1.82) is 0 Å². The van der Waals surface area contributed by atoms with Crippen LogP contribution in [0.5, 0.6) is 5.75 Å². The topological polar surface area (TPSA) is 98.1 Å². The predicted octanol–water partition coefficient (Wildman–Crippen LogP) is 2.16. The van der Waals surface area contributed by atoms with Crippen LogP contribution in [-0.4, -0.2) is 44.5 Å². The summed E-state index contributed by atoms with van der Waals surface area (Å²) in [5.41, 5.74) is -0.0518. The number of carboxylic acid groups (broad SMARTS) is 1. The zero-order valence-electron chi connectivity index (χ0n) is 14.1. The van der Waals surface area contributed by atoms with Crippen LogP contribution in [0.25, 0.3) is 0 Å². The van der Waals surface area contributed by atoms with Gasteiger partial charge in [0, 0.05) is 6.54 Å². The van der Waals surface area contributed by atoms with Gasteiger partial charge in [0.1, 0.15) is 17.8 Å². The van der Waals surface area contributed by atoms with E-state index in [1.807, 2.05) is 30.3 Å². The molecule has 0 radical (unpaired) electrons. The van der Waals surface area contributed by atoms with Crippen molar-refractivity contribution in [2.75, 3.05) is 6.54 Å². The van der Waals surface area contributed by atoms with Gasteiger partial charge in [-0.2, -0.15) is 0 Å². The Morgan fingerprint density at radius 3 is 2.23 bits per heavy atom. The molecule has 26 heavy (non-hydrogen) atoms. The second kappa shape index (κ2) is 6.51. The van der Waals surface area contributed by atoms with Crippen LogP contribution in [0, 0.1) is 0 Å². The number of carbonyl (C=O) groups excluding carboxylic acids is 2. The van der Waals surface area contributed by atoms with Crippen LogP contribution in [0.4, 0.5) is 4.79 Å². The molecule has 7 nitrogen and oxygen atoms in total. The van der Waals surface area contributed by atoms with Gasteiger partial charge in [0.15, 0.2) is 0 Å². The van der Waals surface area contributed by atoms with E-state index in [9.17, 15) is 19.5 Å². The summed E-state index contributed by atoms with van der Waals surface area (Å²) >= 11 is 0. The van der Waals surface area contributed by atoms with Gasteiger partial charge in [-0.15, -0.1) is 0 Å². The lowest BCUT2D eigenvalue weighted by Gasteiger charge is -2.32. The molecule has 3 rings (SSSR count). The van der Waals surface area contributed by atoms with Gasteiger partial charge in [-0.25, -0.2) is 4.79 Å². The van der Waals surface area contributed by atoms with E-state index in [0.717, 1.165) is 10.5 Å². The highest BCUT2D eigenvalue weighted by atomic mass is 16.4. The molecule has 7 heteroatoms. The molecule has 2 N–H and O–H groups in total. The zero-order valence-corrected chi connectivity index (χ0v) is 14.1. The molecule has 1 saturated heterocycles. The molecule has 2 aromatic rings. The lowest BCUT2D eigenvalue weighted by atomic mass is 9.90. The van der Waals surface area contributed by atoms with Crippen molar-refractivity contribution in [3.05, 3.63) is 65.7 Å². The molecule has 0 aliphatic carbocycles. The number of phenolic OH excluding ortho intramolecular Hbond substituents is 1. The average Bonchev–Trinajstić information content (AvgIpc) is 2.79. The smallest absolute Gasteiger partial charge is 0.328 e. The summed E-state index contributed by atoms with van der Waals surface area (Å²) in [5, 5.41) is 18.6. The molecule has 0 unspecified atom stereocenters. The largest absolute Gasteiger partial charge is 0.508 e. The third-order valence-corrected chi connectivity index (χ3v) is 4.57. The fourth-order valence-electron chi connectivity index (χ4n) is 3.13. The number of amides is 3. The van der Waals surface area contributed by atoms with E-state index in [2.05, 4.69) is 0 Å². The van der Waals surface area contributed by atoms with Crippen molar-refractivity contribution < 1.29 is 24.6 Å². The Hall–Kier alpha value is -3.35. The van der Waals surface area contributed by atoms with Gasteiger partial charge in [-0.1, -0.05) is 42.5 Å². The van der Waals surface area contributed by atoms with Crippen molar-refractivity contribution in [2.45, 2.75) is 19.0 Å². The number of hydrogen-bond acceptors (Lipinski definition) is 4. The maximum atomic E-state index is 13.0. The Balaban J connectivity index is 2.06. The fraction of sp³-hybridized carbons (Fsp3) is 0.211. The summed E-state index contributed by atoms with van der Waals surface area (Å²) in [7, 11) is 0. The molecule has 1 aliphatic heterocycles. The summed E-state index contributed by atoms with van der Waals surface area (Å²) in [4.78, 5) is 39.0. The first-order valence-electron chi connectivity index (χ1n) is 8.03. The molecule has 3 amide bonds. The minimum absolute atomic E-state index is 0.0334. The Kier molecular flexibility index (Phi) is 4.38. The Labute approximate surface area is 150 Å². The molecule has 1 heterocycles. The number of phenols is 1. The summed E-state index contributed by atoms with van der Waals surface area (Å²) in [6, 6.07) is 14.5. The lowest BCUT2D eigenvalue weighted by molar-refractivity contribution is -0.143. The van der Waals surface area contributed by atoms with E-state index in [1.54, 1.807) is 19.1 Å². The SMILES string of the molecule is C[C@@]1(c2ccc(O)cc2)C(=O)N(CC(=O)O)C(=O)N1Cc1ccccc1. The highest BCUT2D eigenvalue weighted by molar-refractivity contribution is 6.08. The molecule has 1 aliphatic rings. The Morgan fingerprint density at radius 2 is 1.65 bits per heavy atom. The highest BCUT2D eigenvalue weighted by Crippen LogP contribution is 2.38. The van der Waals surface area contributed by atoms with Crippen molar-refractivity contribution >= 4 is 17.9 Å². The van der Waals surface area contributed by atoms with Crippen LogP contribution in [0.1, 0.15) is 18.1 Å². The van der Waals surface area contributed by atoms with E-state index < -0.39 is 30.0 Å². The number of nitrogens with zero attached hydrogens (tertiary/aromatic N) is 2. The van der Waals surface area contributed by atoms with Crippen LogP contribution in [0.2, 0.25) is 0 Å². The molecular formula is C19H18N2O5. The van der Waals surface area contributed by atoms with Gasteiger partial charge in [0.05, 0.1) is 0 Å². The molecular weight excluding hydrogens is 336 g/mol. The summed E-state index contributed by atoms with van der Waals surface area (Å²) < 4.78 is 0. The minimum atomic E-state index is -1.37. The first kappa shape index (κ1) is 17.5. The summed E-state index contributed by atoms with van der Waals surface area (Å²) in [6.45, 7) is 1.04. The van der Waals surface area contributed by atoms with Gasteiger partial charge < -0.3 is 15.1 Å². The monoisotopic (exact) mass is 354 g/mol. The molecule has 0 spiro atoms. The first-order valence-corrected chi connectivity index (χ1v) is 8.03. The molecule has 0 aromatic heterocycles. The van der Waals surface area contributed by atoms with E-state index in [4.69, 9.17) is 5.11 Å². The molecule has 134 valence electrons. The predicted molar refractivity (Wildman–Crippen MR) is 92.2 cm³/mol. The number of urea groups is 1. The van der Waals surface area contributed by atoms with Gasteiger partial charge in [-0.3, -0.25) is 14.5 Å². The van der Waals surface area contributed by atoms with E-state index in [0.29, 0.717) is 5.56 Å². The number of aromatic hydroxyl groups is 1. The number of imide groups is 1. The Bertz CT molecular complexity index is 850. The molecule has 2 aromatic carbocycles. The number of benzene rings is 2. The molecule has 1 atom stereocenters. The quantitative estimate of drug-likeness (QED) is 0.802. The first-order chi connectivity index (χ1) is 12.3. The number of rotatable bonds is 5. The molecule has 1 fully saturated rings. The van der Waals surface area contributed by atoms with Gasteiger partial charge >= 0.3 is 12.0 Å². The normalized spacial score (nSPS) is 19.9. The van der Waals surface area contributed by atoms with Crippen LogP contribution >= 0.6 is 0 Å². The Morgan fingerprint density at radius 1 is 1.04 bits per heavy atom. The second-order valence-corrected chi connectivity index (χ2v) is 6.26. The number of aliphatic carboxylic acids is 1. The maximum absolute atomic E-state index is 13.0. The van der Waals surface area contributed by atoms with Crippen molar-refractivity contribution in [1.82, 2.24) is 9.80 Å². The third-order valence-electron chi connectivity index (χ3n) is 4.57. The second-order valence-electron chi connectivity index (χ2n) is 6.26. The van der Waals surface area contributed by atoms with E-state index in [1.165, 1.54) is 17.0 Å². The third kappa shape index (κ3) is 2.88. The molecule has 0 bridgehead atoms. The fourth-order valence-corrected chi connectivity index (χ4v) is 3.13. The number of carbonyl (C=O) groups is 3. The van der Waals surface area contributed by atoms with E-state index in [-0.39, 0.29) is 12.3 Å². The van der Waals surface area contributed by atoms with Crippen LogP contribution < -0.4 is 0 Å². The zero-order chi connectivity index (χ0) is 18.9. The van der Waals surface area contributed by atoms with Crippen molar-refractivity contribution in [2.24, 2.45) is 0 Å². The van der Waals surface area contributed by atoms with Gasteiger partial charge in [0.2, 0.25) is 0 Å². The average molecular weight is 354 g/mol. The highest BCUT2D eigenvalue weighted by Gasteiger charge is 2.55. The van der Waals surface area contributed by atoms with Crippen LogP contribution in [0.3, 0.4) is 0 Å². The van der Waals surface area contributed by atoms with Crippen LogP contribution in [-0.2, 0) is 21.7 Å². The number of carboxylic acids is 1. The summed E-state index contributed by atoms with van der Waals surface area (Å²) in [5.74, 6) is -1.83. The standard InChI is InChI=1S/C19H18N2O5/c1-19(14-7-9-15(22)10-8-14)17(25)20(12-16(23)24)18(26)21(19)11-13-5-3-2-4-6-13/h2-10,22H,11-12H2,1H3,(H,23,24)/t19-/m1/s1. The summed E-state index contributed by atoms with van der Waals surface area (Å²) in [6.07, 6.45) is 0. The van der Waals surface area contributed by atoms with Crippen LogP contribution in [0.15, 0.2) is 54.6 Å².